The molecule has 120 valence electrons. The molecule has 2 atom stereocenters. The van der Waals surface area contributed by atoms with Crippen LogP contribution in [0.2, 0.25) is 0 Å². The van der Waals surface area contributed by atoms with Crippen LogP contribution in [0.1, 0.15) is 64.2 Å². The SMILES string of the molecule is O=C(CC1CC2CCC(C1)N2)NCCCOC1CCCC1. The van der Waals surface area contributed by atoms with Crippen molar-refractivity contribution in [2.24, 2.45) is 5.92 Å². The summed E-state index contributed by atoms with van der Waals surface area (Å²) in [6, 6.07) is 1.36. The first-order chi connectivity index (χ1) is 10.3. The zero-order valence-corrected chi connectivity index (χ0v) is 13.1. The van der Waals surface area contributed by atoms with Crippen LogP contribution in [0.25, 0.3) is 0 Å². The maximum atomic E-state index is 12.0. The standard InChI is InChI=1S/C17H30N2O2/c20-17(12-13-10-14-6-7-15(11-13)19-14)18-8-3-9-21-16-4-1-2-5-16/h13-16,19H,1-12H2,(H,18,20). The molecule has 0 spiro atoms. The average molecular weight is 294 g/mol. The predicted molar refractivity (Wildman–Crippen MR) is 83.1 cm³/mol. The van der Waals surface area contributed by atoms with Crippen molar-refractivity contribution < 1.29 is 9.53 Å². The molecule has 0 aromatic heterocycles. The third kappa shape index (κ3) is 4.68. The normalized spacial score (nSPS) is 32.5. The van der Waals surface area contributed by atoms with E-state index in [1.807, 2.05) is 0 Å². The second-order valence-electron chi connectivity index (χ2n) is 7.16. The molecule has 1 amide bonds. The summed E-state index contributed by atoms with van der Waals surface area (Å²) in [4.78, 5) is 12.0. The molecule has 2 heterocycles. The summed E-state index contributed by atoms with van der Waals surface area (Å²) >= 11 is 0. The molecular formula is C17H30N2O2. The molecule has 3 rings (SSSR count). The highest BCUT2D eigenvalue weighted by Crippen LogP contribution is 2.32. The lowest BCUT2D eigenvalue weighted by atomic mass is 9.89. The Labute approximate surface area is 128 Å². The topological polar surface area (TPSA) is 50.4 Å². The summed E-state index contributed by atoms with van der Waals surface area (Å²) in [5, 5.41) is 6.70. The Morgan fingerprint density at radius 3 is 2.52 bits per heavy atom. The number of carbonyl (C=O) groups excluding carboxylic acids is 1. The van der Waals surface area contributed by atoms with Crippen LogP contribution in [0, 0.1) is 5.92 Å². The van der Waals surface area contributed by atoms with Crippen molar-refractivity contribution in [3.8, 4) is 0 Å². The Kier molecular flexibility index (Phi) is 5.53. The monoisotopic (exact) mass is 294 g/mol. The van der Waals surface area contributed by atoms with Gasteiger partial charge in [-0.1, -0.05) is 12.8 Å². The molecule has 2 bridgehead atoms. The van der Waals surface area contributed by atoms with Crippen molar-refractivity contribution in [1.82, 2.24) is 10.6 Å². The molecule has 1 saturated carbocycles. The number of hydrogen-bond acceptors (Lipinski definition) is 3. The molecule has 2 saturated heterocycles. The molecule has 0 radical (unpaired) electrons. The predicted octanol–water partition coefficient (Wildman–Crippen LogP) is 2.37. The molecule has 0 aromatic carbocycles. The van der Waals surface area contributed by atoms with Gasteiger partial charge in [-0.3, -0.25) is 4.79 Å². The van der Waals surface area contributed by atoms with Crippen LogP contribution in [0.5, 0.6) is 0 Å². The van der Waals surface area contributed by atoms with Crippen LogP contribution in [0.3, 0.4) is 0 Å². The number of piperidine rings is 1. The number of carbonyl (C=O) groups is 1. The van der Waals surface area contributed by atoms with E-state index in [9.17, 15) is 4.79 Å². The highest BCUT2D eigenvalue weighted by Gasteiger charge is 2.34. The Morgan fingerprint density at radius 1 is 1.10 bits per heavy atom. The van der Waals surface area contributed by atoms with Gasteiger partial charge in [-0.05, 0) is 50.9 Å². The number of fused-ring (bicyclic) bond motifs is 2. The van der Waals surface area contributed by atoms with Gasteiger partial charge >= 0.3 is 0 Å². The molecule has 2 N–H and O–H groups in total. The Morgan fingerprint density at radius 2 is 1.81 bits per heavy atom. The van der Waals surface area contributed by atoms with Gasteiger partial charge in [0.15, 0.2) is 0 Å². The highest BCUT2D eigenvalue weighted by molar-refractivity contribution is 5.76. The first kappa shape index (κ1) is 15.3. The number of hydrogen-bond donors (Lipinski definition) is 2. The number of rotatable bonds is 7. The molecule has 0 aromatic rings. The third-order valence-electron chi connectivity index (χ3n) is 5.34. The van der Waals surface area contributed by atoms with Crippen LogP contribution in [0.4, 0.5) is 0 Å². The van der Waals surface area contributed by atoms with E-state index >= 15 is 0 Å². The van der Waals surface area contributed by atoms with Gasteiger partial charge in [0.2, 0.25) is 5.91 Å². The Balaban J connectivity index is 1.23. The maximum Gasteiger partial charge on any atom is 0.220 e. The minimum absolute atomic E-state index is 0.238. The van der Waals surface area contributed by atoms with Crippen molar-refractivity contribution in [2.45, 2.75) is 82.4 Å². The highest BCUT2D eigenvalue weighted by atomic mass is 16.5. The van der Waals surface area contributed by atoms with Gasteiger partial charge in [-0.25, -0.2) is 0 Å². The van der Waals surface area contributed by atoms with E-state index in [4.69, 9.17) is 4.74 Å². The molecule has 21 heavy (non-hydrogen) atoms. The van der Waals surface area contributed by atoms with Gasteiger partial charge < -0.3 is 15.4 Å². The minimum atomic E-state index is 0.238. The average Bonchev–Trinajstić information content (AvgIpc) is 3.08. The van der Waals surface area contributed by atoms with E-state index in [2.05, 4.69) is 10.6 Å². The number of nitrogens with one attached hydrogen (secondary N) is 2. The molecule has 4 nitrogen and oxygen atoms in total. The summed E-state index contributed by atoms with van der Waals surface area (Å²) in [7, 11) is 0. The summed E-state index contributed by atoms with van der Waals surface area (Å²) in [5.74, 6) is 0.834. The number of ether oxygens (including phenoxy) is 1. The van der Waals surface area contributed by atoms with Crippen LogP contribution in [-0.4, -0.2) is 37.2 Å². The lowest BCUT2D eigenvalue weighted by molar-refractivity contribution is -0.122. The Bertz CT molecular complexity index is 330. The smallest absolute Gasteiger partial charge is 0.220 e. The molecule has 1 aliphatic carbocycles. The lowest BCUT2D eigenvalue weighted by Crippen LogP contribution is -2.39. The lowest BCUT2D eigenvalue weighted by Gasteiger charge is -2.28. The summed E-state index contributed by atoms with van der Waals surface area (Å²) in [6.07, 6.45) is 12.2. The van der Waals surface area contributed by atoms with Crippen molar-refractivity contribution in [2.75, 3.05) is 13.2 Å². The summed E-state index contributed by atoms with van der Waals surface area (Å²) in [6.45, 7) is 1.56. The first-order valence-corrected chi connectivity index (χ1v) is 8.94. The van der Waals surface area contributed by atoms with E-state index < -0.39 is 0 Å². The van der Waals surface area contributed by atoms with Crippen molar-refractivity contribution >= 4 is 5.91 Å². The quantitative estimate of drug-likeness (QED) is 0.709. The van der Waals surface area contributed by atoms with Crippen molar-refractivity contribution in [3.05, 3.63) is 0 Å². The number of amides is 1. The molecule has 3 aliphatic rings. The fourth-order valence-corrected chi connectivity index (χ4v) is 4.28. The molecule has 2 aliphatic heterocycles. The van der Waals surface area contributed by atoms with E-state index in [-0.39, 0.29) is 5.91 Å². The summed E-state index contributed by atoms with van der Waals surface area (Å²) < 4.78 is 5.81. The zero-order chi connectivity index (χ0) is 14.5. The molecule has 4 heteroatoms. The molecular weight excluding hydrogens is 264 g/mol. The van der Waals surface area contributed by atoms with E-state index in [1.54, 1.807) is 0 Å². The van der Waals surface area contributed by atoms with Gasteiger partial charge in [0, 0.05) is 31.7 Å². The van der Waals surface area contributed by atoms with Gasteiger partial charge in [0.05, 0.1) is 6.10 Å². The maximum absolute atomic E-state index is 12.0. The van der Waals surface area contributed by atoms with E-state index in [0.29, 0.717) is 24.1 Å². The van der Waals surface area contributed by atoms with Crippen molar-refractivity contribution in [3.63, 3.8) is 0 Å². The van der Waals surface area contributed by atoms with Gasteiger partial charge in [0.25, 0.3) is 0 Å². The second-order valence-corrected chi connectivity index (χ2v) is 7.16. The van der Waals surface area contributed by atoms with Gasteiger partial charge in [-0.15, -0.1) is 0 Å². The van der Waals surface area contributed by atoms with E-state index in [0.717, 1.165) is 26.0 Å². The largest absolute Gasteiger partial charge is 0.378 e. The summed E-state index contributed by atoms with van der Waals surface area (Å²) in [5.41, 5.74) is 0. The van der Waals surface area contributed by atoms with Gasteiger partial charge in [-0.2, -0.15) is 0 Å². The molecule has 3 fully saturated rings. The fourth-order valence-electron chi connectivity index (χ4n) is 4.28. The second kappa shape index (κ2) is 7.59. The van der Waals surface area contributed by atoms with Crippen LogP contribution in [-0.2, 0) is 9.53 Å². The van der Waals surface area contributed by atoms with Crippen LogP contribution >= 0.6 is 0 Å². The van der Waals surface area contributed by atoms with E-state index in [1.165, 1.54) is 51.4 Å². The minimum Gasteiger partial charge on any atom is -0.378 e. The zero-order valence-electron chi connectivity index (χ0n) is 13.1. The van der Waals surface area contributed by atoms with Crippen LogP contribution < -0.4 is 10.6 Å². The fraction of sp³-hybridized carbons (Fsp3) is 0.941. The Hall–Kier alpha value is -0.610. The third-order valence-corrected chi connectivity index (χ3v) is 5.34. The van der Waals surface area contributed by atoms with Gasteiger partial charge in [0.1, 0.15) is 0 Å². The van der Waals surface area contributed by atoms with Crippen molar-refractivity contribution in [1.29, 1.82) is 0 Å². The first-order valence-electron chi connectivity index (χ1n) is 8.94. The van der Waals surface area contributed by atoms with Crippen LogP contribution in [0.15, 0.2) is 0 Å². The molecule has 2 unspecified atom stereocenters.